The van der Waals surface area contributed by atoms with Gasteiger partial charge in [0.05, 0.1) is 0 Å². The minimum Gasteiger partial charge on any atom is -0.356 e. The van der Waals surface area contributed by atoms with Crippen molar-refractivity contribution in [2.24, 2.45) is 0 Å². The van der Waals surface area contributed by atoms with Crippen molar-refractivity contribution in [2.45, 2.75) is 45.1 Å². The molecule has 0 bridgehead atoms. The lowest BCUT2D eigenvalue weighted by Crippen LogP contribution is -2.49. The number of carbonyl (C=O) groups is 3. The standard InChI is InChI=1S/C13H21N3O3/c1-9-6-7-11(13(19)15-9)16-12(18)5-3-4-8-14-10(2)17/h11H,1,3-8H2,2H3,(H,14,17)(H,15,19)(H,16,18). The Balaban J connectivity index is 2.15. The Morgan fingerprint density at radius 1 is 1.42 bits per heavy atom. The summed E-state index contributed by atoms with van der Waals surface area (Å²) in [5.41, 5.74) is 0.700. The van der Waals surface area contributed by atoms with E-state index >= 15 is 0 Å². The molecule has 106 valence electrons. The van der Waals surface area contributed by atoms with Crippen molar-refractivity contribution in [3.63, 3.8) is 0 Å². The van der Waals surface area contributed by atoms with Crippen LogP contribution in [0.5, 0.6) is 0 Å². The molecule has 1 aliphatic rings. The van der Waals surface area contributed by atoms with Gasteiger partial charge in [0.1, 0.15) is 6.04 Å². The fraction of sp³-hybridized carbons (Fsp3) is 0.615. The predicted octanol–water partition coefficient (Wildman–Crippen LogP) is 0.201. The minimum absolute atomic E-state index is 0.0662. The monoisotopic (exact) mass is 267 g/mol. The molecule has 1 atom stereocenters. The van der Waals surface area contributed by atoms with Gasteiger partial charge in [0, 0.05) is 25.6 Å². The maximum absolute atomic E-state index is 11.6. The van der Waals surface area contributed by atoms with E-state index < -0.39 is 6.04 Å². The molecule has 3 amide bonds. The smallest absolute Gasteiger partial charge is 0.246 e. The second-order valence-electron chi connectivity index (χ2n) is 4.69. The van der Waals surface area contributed by atoms with E-state index in [-0.39, 0.29) is 17.7 Å². The number of hydrogen-bond donors (Lipinski definition) is 3. The Labute approximate surface area is 113 Å². The van der Waals surface area contributed by atoms with Gasteiger partial charge in [0.15, 0.2) is 0 Å². The first-order chi connectivity index (χ1) is 8.99. The highest BCUT2D eigenvalue weighted by molar-refractivity contribution is 5.89. The van der Waals surface area contributed by atoms with Crippen LogP contribution >= 0.6 is 0 Å². The van der Waals surface area contributed by atoms with Gasteiger partial charge >= 0.3 is 0 Å². The molecule has 1 fully saturated rings. The van der Waals surface area contributed by atoms with Gasteiger partial charge < -0.3 is 16.0 Å². The number of hydrogen-bond acceptors (Lipinski definition) is 3. The molecular formula is C13H21N3O3. The molecule has 6 nitrogen and oxygen atoms in total. The van der Waals surface area contributed by atoms with Crippen LogP contribution in [0.3, 0.4) is 0 Å². The SMILES string of the molecule is C=C1CCC(NC(=O)CCCCNC(C)=O)C(=O)N1. The quantitative estimate of drug-likeness (QED) is 0.601. The second kappa shape index (κ2) is 7.56. The summed E-state index contributed by atoms with van der Waals surface area (Å²) >= 11 is 0. The predicted molar refractivity (Wildman–Crippen MR) is 71.0 cm³/mol. The third kappa shape index (κ3) is 6.03. The van der Waals surface area contributed by atoms with Crippen LogP contribution in [-0.2, 0) is 14.4 Å². The average molecular weight is 267 g/mol. The van der Waals surface area contributed by atoms with Crippen LogP contribution in [0.15, 0.2) is 12.3 Å². The zero-order chi connectivity index (χ0) is 14.3. The van der Waals surface area contributed by atoms with Crippen molar-refractivity contribution in [3.05, 3.63) is 12.3 Å². The maximum atomic E-state index is 11.6. The number of allylic oxidation sites excluding steroid dienone is 1. The van der Waals surface area contributed by atoms with Crippen molar-refractivity contribution in [3.8, 4) is 0 Å². The maximum Gasteiger partial charge on any atom is 0.246 e. The third-order valence-corrected chi connectivity index (χ3v) is 2.89. The highest BCUT2D eigenvalue weighted by Crippen LogP contribution is 2.10. The lowest BCUT2D eigenvalue weighted by molar-refractivity contribution is -0.129. The average Bonchev–Trinajstić information content (AvgIpc) is 2.32. The van der Waals surface area contributed by atoms with Crippen molar-refractivity contribution in [2.75, 3.05) is 6.54 Å². The number of rotatable bonds is 6. The number of nitrogens with one attached hydrogen (secondary N) is 3. The van der Waals surface area contributed by atoms with Crippen LogP contribution in [0.25, 0.3) is 0 Å². The van der Waals surface area contributed by atoms with Gasteiger partial charge in [-0.1, -0.05) is 6.58 Å². The van der Waals surface area contributed by atoms with E-state index in [9.17, 15) is 14.4 Å². The molecule has 0 saturated carbocycles. The molecule has 0 aromatic rings. The molecule has 3 N–H and O–H groups in total. The third-order valence-electron chi connectivity index (χ3n) is 2.89. The van der Waals surface area contributed by atoms with E-state index in [0.29, 0.717) is 37.9 Å². The van der Waals surface area contributed by atoms with E-state index in [1.54, 1.807) is 0 Å². The molecule has 0 aromatic heterocycles. The van der Waals surface area contributed by atoms with Gasteiger partial charge in [0.2, 0.25) is 17.7 Å². The summed E-state index contributed by atoms with van der Waals surface area (Å²) in [4.78, 5) is 33.8. The molecule has 1 saturated heterocycles. The highest BCUT2D eigenvalue weighted by atomic mass is 16.2. The van der Waals surface area contributed by atoms with E-state index in [4.69, 9.17) is 0 Å². The van der Waals surface area contributed by atoms with Gasteiger partial charge in [-0.05, 0) is 25.7 Å². The topological polar surface area (TPSA) is 87.3 Å². The van der Waals surface area contributed by atoms with E-state index in [2.05, 4.69) is 22.5 Å². The number of carbonyl (C=O) groups excluding carboxylic acids is 3. The van der Waals surface area contributed by atoms with E-state index in [0.717, 1.165) is 6.42 Å². The number of piperidine rings is 1. The summed E-state index contributed by atoms with van der Waals surface area (Å²) in [6.07, 6.45) is 3.10. The van der Waals surface area contributed by atoms with Crippen molar-refractivity contribution in [1.82, 2.24) is 16.0 Å². The van der Waals surface area contributed by atoms with Crippen LogP contribution in [0.4, 0.5) is 0 Å². The first kappa shape index (κ1) is 15.2. The lowest BCUT2D eigenvalue weighted by Gasteiger charge is -2.24. The molecule has 1 rings (SSSR count). The van der Waals surface area contributed by atoms with Crippen LogP contribution < -0.4 is 16.0 Å². The Kier molecular flexibility index (Phi) is 6.05. The first-order valence-electron chi connectivity index (χ1n) is 6.51. The van der Waals surface area contributed by atoms with Crippen LogP contribution in [0.2, 0.25) is 0 Å². The molecule has 19 heavy (non-hydrogen) atoms. The number of amides is 3. The second-order valence-corrected chi connectivity index (χ2v) is 4.69. The minimum atomic E-state index is -0.451. The molecule has 1 unspecified atom stereocenters. The summed E-state index contributed by atoms with van der Waals surface area (Å²) in [6, 6.07) is -0.451. The largest absolute Gasteiger partial charge is 0.356 e. The Morgan fingerprint density at radius 2 is 2.16 bits per heavy atom. The molecule has 0 aliphatic carbocycles. The Morgan fingerprint density at radius 3 is 2.79 bits per heavy atom. The summed E-state index contributed by atoms with van der Waals surface area (Å²) in [7, 11) is 0. The Hall–Kier alpha value is -1.85. The van der Waals surface area contributed by atoms with Gasteiger partial charge in [-0.15, -0.1) is 0 Å². The number of unbranched alkanes of at least 4 members (excludes halogenated alkanes) is 1. The first-order valence-corrected chi connectivity index (χ1v) is 6.51. The molecule has 0 aromatic carbocycles. The van der Waals surface area contributed by atoms with Gasteiger partial charge in [-0.25, -0.2) is 0 Å². The highest BCUT2D eigenvalue weighted by Gasteiger charge is 2.24. The molecule has 1 heterocycles. The van der Waals surface area contributed by atoms with E-state index in [1.165, 1.54) is 6.92 Å². The van der Waals surface area contributed by atoms with Gasteiger partial charge in [0.25, 0.3) is 0 Å². The summed E-state index contributed by atoms with van der Waals surface area (Å²) < 4.78 is 0. The summed E-state index contributed by atoms with van der Waals surface area (Å²) in [5.74, 6) is -0.387. The summed E-state index contributed by atoms with van der Waals surface area (Å²) in [6.45, 7) is 5.72. The van der Waals surface area contributed by atoms with E-state index in [1.807, 2.05) is 0 Å². The molecular weight excluding hydrogens is 246 g/mol. The van der Waals surface area contributed by atoms with Crippen molar-refractivity contribution >= 4 is 17.7 Å². The Bertz CT molecular complexity index is 379. The van der Waals surface area contributed by atoms with Crippen LogP contribution in [-0.4, -0.2) is 30.3 Å². The fourth-order valence-electron chi connectivity index (χ4n) is 1.85. The molecule has 0 radical (unpaired) electrons. The molecule has 1 aliphatic heterocycles. The van der Waals surface area contributed by atoms with Crippen LogP contribution in [0.1, 0.15) is 39.0 Å². The van der Waals surface area contributed by atoms with Crippen LogP contribution in [0, 0.1) is 0 Å². The molecule has 0 spiro atoms. The summed E-state index contributed by atoms with van der Waals surface area (Å²) in [5, 5.41) is 8.01. The fourth-order valence-corrected chi connectivity index (χ4v) is 1.85. The van der Waals surface area contributed by atoms with Gasteiger partial charge in [-0.2, -0.15) is 0 Å². The normalized spacial score (nSPS) is 18.7. The lowest BCUT2D eigenvalue weighted by atomic mass is 10.0. The zero-order valence-corrected chi connectivity index (χ0v) is 11.3. The van der Waals surface area contributed by atoms with Gasteiger partial charge in [-0.3, -0.25) is 14.4 Å². The zero-order valence-electron chi connectivity index (χ0n) is 11.3. The van der Waals surface area contributed by atoms with Crippen molar-refractivity contribution in [1.29, 1.82) is 0 Å². The van der Waals surface area contributed by atoms with Crippen molar-refractivity contribution < 1.29 is 14.4 Å². The molecule has 6 heteroatoms.